The second-order valence-corrected chi connectivity index (χ2v) is 8.56. The van der Waals surface area contributed by atoms with E-state index in [1.54, 1.807) is 4.90 Å². The maximum Gasteiger partial charge on any atom is 0.234 e. The molecule has 2 fully saturated rings. The topological polar surface area (TPSA) is 74.4 Å². The third kappa shape index (κ3) is 2.75. The van der Waals surface area contributed by atoms with Crippen LogP contribution in [0.25, 0.3) is 10.9 Å². The summed E-state index contributed by atoms with van der Waals surface area (Å²) in [6.45, 7) is 0.969. The SMILES string of the molecule is O=C(NCCc1c[nH]c2ccccc12)[C@@H]1[C@@H]2C=C[C@@]3(CN(c4ccccc4)C(=O)[C@@H]13)O2. The van der Waals surface area contributed by atoms with Crippen LogP contribution in [0.15, 0.2) is 72.9 Å². The summed E-state index contributed by atoms with van der Waals surface area (Å²) in [6.07, 6.45) is 6.32. The fourth-order valence-electron chi connectivity index (χ4n) is 5.40. The van der Waals surface area contributed by atoms with E-state index >= 15 is 0 Å². The standard InChI is InChI=1S/C25H23N3O3/c29-23(26-13-11-16-14-27-19-9-5-4-8-18(16)19)21-20-10-12-25(31-20)15-28(24(30)22(21)25)17-6-2-1-3-7-17/h1-10,12,14,20-22,27H,11,13,15H2,(H,26,29)/t20-,21+,22+,25-/m0/s1. The largest absolute Gasteiger partial charge is 0.361 e. The highest BCUT2D eigenvalue weighted by Gasteiger charge is 2.66. The number of nitrogens with zero attached hydrogens (tertiary/aromatic N) is 1. The van der Waals surface area contributed by atoms with Crippen LogP contribution in [0, 0.1) is 11.8 Å². The lowest BCUT2D eigenvalue weighted by Gasteiger charge is -2.23. The summed E-state index contributed by atoms with van der Waals surface area (Å²) >= 11 is 0. The predicted octanol–water partition coefficient (Wildman–Crippen LogP) is 2.81. The van der Waals surface area contributed by atoms with E-state index in [4.69, 9.17) is 4.74 Å². The molecule has 2 amide bonds. The van der Waals surface area contributed by atoms with Gasteiger partial charge in [0, 0.05) is 29.3 Å². The lowest BCUT2D eigenvalue weighted by Crippen LogP contribution is -2.44. The van der Waals surface area contributed by atoms with Crippen molar-refractivity contribution in [2.24, 2.45) is 11.8 Å². The lowest BCUT2D eigenvalue weighted by molar-refractivity contribution is -0.131. The van der Waals surface area contributed by atoms with Gasteiger partial charge in [-0.2, -0.15) is 0 Å². The number of hydrogen-bond acceptors (Lipinski definition) is 3. The summed E-state index contributed by atoms with van der Waals surface area (Å²) in [5.74, 6) is -1.11. The van der Waals surface area contributed by atoms with Gasteiger partial charge in [-0.25, -0.2) is 0 Å². The normalized spacial score (nSPS) is 28.5. The molecule has 2 saturated heterocycles. The van der Waals surface area contributed by atoms with Crippen LogP contribution in [-0.2, 0) is 20.7 Å². The molecule has 2 N–H and O–H groups in total. The summed E-state index contributed by atoms with van der Waals surface area (Å²) < 4.78 is 6.21. The molecule has 31 heavy (non-hydrogen) atoms. The van der Waals surface area contributed by atoms with Crippen LogP contribution in [-0.4, -0.2) is 41.6 Å². The smallest absolute Gasteiger partial charge is 0.234 e. The second-order valence-electron chi connectivity index (χ2n) is 8.56. The molecule has 2 aromatic carbocycles. The molecule has 1 spiro atoms. The summed E-state index contributed by atoms with van der Waals surface area (Å²) in [5.41, 5.74) is 2.41. The maximum absolute atomic E-state index is 13.3. The van der Waals surface area contributed by atoms with Gasteiger partial charge < -0.3 is 19.9 Å². The number of nitrogens with one attached hydrogen (secondary N) is 2. The van der Waals surface area contributed by atoms with Crippen molar-refractivity contribution in [2.45, 2.75) is 18.1 Å². The van der Waals surface area contributed by atoms with Crippen molar-refractivity contribution < 1.29 is 14.3 Å². The number of fused-ring (bicyclic) bond motifs is 2. The molecular formula is C25H23N3O3. The summed E-state index contributed by atoms with van der Waals surface area (Å²) in [6, 6.07) is 17.7. The van der Waals surface area contributed by atoms with Crippen molar-refractivity contribution in [3.8, 4) is 0 Å². The summed E-state index contributed by atoms with van der Waals surface area (Å²) in [7, 11) is 0. The number of ether oxygens (including phenoxy) is 1. The van der Waals surface area contributed by atoms with Gasteiger partial charge in [-0.3, -0.25) is 9.59 Å². The van der Waals surface area contributed by atoms with Crippen molar-refractivity contribution in [3.63, 3.8) is 0 Å². The second kappa shape index (κ2) is 6.82. The Morgan fingerprint density at radius 2 is 1.97 bits per heavy atom. The van der Waals surface area contributed by atoms with Crippen LogP contribution >= 0.6 is 0 Å². The molecule has 6 nitrogen and oxygen atoms in total. The Labute approximate surface area is 179 Å². The van der Waals surface area contributed by atoms with Gasteiger partial charge in [-0.1, -0.05) is 48.6 Å². The zero-order valence-corrected chi connectivity index (χ0v) is 17.0. The Hall–Kier alpha value is -3.38. The van der Waals surface area contributed by atoms with Gasteiger partial charge in [0.25, 0.3) is 0 Å². The van der Waals surface area contributed by atoms with Crippen LogP contribution < -0.4 is 10.2 Å². The number of aromatic amines is 1. The predicted molar refractivity (Wildman–Crippen MR) is 118 cm³/mol. The first-order valence-electron chi connectivity index (χ1n) is 10.7. The zero-order chi connectivity index (χ0) is 21.0. The monoisotopic (exact) mass is 413 g/mol. The highest BCUT2D eigenvalue weighted by atomic mass is 16.5. The number of anilines is 1. The first-order valence-corrected chi connectivity index (χ1v) is 10.7. The van der Waals surface area contributed by atoms with E-state index in [9.17, 15) is 9.59 Å². The van der Waals surface area contributed by atoms with Gasteiger partial charge in [0.05, 0.1) is 24.5 Å². The molecule has 1 aromatic heterocycles. The fourth-order valence-corrected chi connectivity index (χ4v) is 5.40. The van der Waals surface area contributed by atoms with Gasteiger partial charge in [-0.15, -0.1) is 0 Å². The number of H-pyrrole nitrogens is 1. The Morgan fingerprint density at radius 3 is 2.84 bits per heavy atom. The van der Waals surface area contributed by atoms with E-state index in [1.165, 1.54) is 10.9 Å². The highest BCUT2D eigenvalue weighted by molar-refractivity contribution is 6.03. The molecule has 6 heteroatoms. The fraction of sp³-hybridized carbons (Fsp3) is 0.280. The molecule has 4 atom stereocenters. The number of hydrogen-bond donors (Lipinski definition) is 2. The van der Waals surface area contributed by atoms with Crippen LogP contribution in [0.1, 0.15) is 5.56 Å². The average Bonchev–Trinajstić information content (AvgIpc) is 3.54. The minimum atomic E-state index is -0.698. The minimum absolute atomic E-state index is 0.0326. The van der Waals surface area contributed by atoms with E-state index in [0.717, 1.165) is 17.6 Å². The Balaban J connectivity index is 1.18. The number of amides is 2. The molecule has 4 heterocycles. The summed E-state index contributed by atoms with van der Waals surface area (Å²) in [4.78, 5) is 31.5. The zero-order valence-electron chi connectivity index (χ0n) is 17.0. The molecule has 0 aliphatic carbocycles. The molecule has 2 bridgehead atoms. The van der Waals surface area contributed by atoms with E-state index in [-0.39, 0.29) is 17.9 Å². The van der Waals surface area contributed by atoms with E-state index < -0.39 is 17.4 Å². The number of benzene rings is 2. The molecule has 3 aliphatic rings. The third-order valence-electron chi connectivity index (χ3n) is 6.84. The van der Waals surface area contributed by atoms with Gasteiger partial charge >= 0.3 is 0 Å². The van der Waals surface area contributed by atoms with Crippen molar-refractivity contribution in [1.82, 2.24) is 10.3 Å². The Morgan fingerprint density at radius 1 is 1.16 bits per heavy atom. The number of aromatic nitrogens is 1. The molecule has 156 valence electrons. The summed E-state index contributed by atoms with van der Waals surface area (Å²) in [5, 5.41) is 4.23. The van der Waals surface area contributed by atoms with E-state index in [1.807, 2.05) is 66.9 Å². The molecular weight excluding hydrogens is 390 g/mol. The number of carbonyl (C=O) groups is 2. The minimum Gasteiger partial charge on any atom is -0.361 e. The van der Waals surface area contributed by atoms with Crippen LogP contribution in [0.3, 0.4) is 0 Å². The van der Waals surface area contributed by atoms with Gasteiger partial charge in [0.1, 0.15) is 5.60 Å². The van der Waals surface area contributed by atoms with Crippen LogP contribution in [0.2, 0.25) is 0 Å². The average molecular weight is 413 g/mol. The molecule has 3 aromatic rings. The first kappa shape index (κ1) is 18.4. The molecule has 0 saturated carbocycles. The van der Waals surface area contributed by atoms with Gasteiger partial charge in [0.15, 0.2) is 0 Å². The lowest BCUT2D eigenvalue weighted by atomic mass is 9.77. The third-order valence-corrected chi connectivity index (χ3v) is 6.84. The van der Waals surface area contributed by atoms with E-state index in [2.05, 4.69) is 16.4 Å². The number of rotatable bonds is 5. The van der Waals surface area contributed by atoms with Crippen molar-refractivity contribution >= 4 is 28.4 Å². The van der Waals surface area contributed by atoms with Crippen molar-refractivity contribution in [2.75, 3.05) is 18.0 Å². The van der Waals surface area contributed by atoms with Crippen LogP contribution in [0.4, 0.5) is 5.69 Å². The molecule has 6 rings (SSSR count). The Kier molecular flexibility index (Phi) is 4.05. The Bertz CT molecular complexity index is 1200. The van der Waals surface area contributed by atoms with Gasteiger partial charge in [-0.05, 0) is 30.2 Å². The number of carbonyl (C=O) groups excluding carboxylic acids is 2. The first-order chi connectivity index (χ1) is 15.2. The highest BCUT2D eigenvalue weighted by Crippen LogP contribution is 2.52. The number of para-hydroxylation sites is 2. The van der Waals surface area contributed by atoms with Gasteiger partial charge in [0.2, 0.25) is 11.8 Å². The maximum atomic E-state index is 13.3. The quantitative estimate of drug-likeness (QED) is 0.632. The van der Waals surface area contributed by atoms with Crippen LogP contribution in [0.5, 0.6) is 0 Å². The molecule has 0 radical (unpaired) electrons. The van der Waals surface area contributed by atoms with Crippen molar-refractivity contribution in [1.29, 1.82) is 0 Å². The molecule has 0 unspecified atom stereocenters. The van der Waals surface area contributed by atoms with E-state index in [0.29, 0.717) is 13.1 Å². The molecule has 3 aliphatic heterocycles. The van der Waals surface area contributed by atoms with Crippen molar-refractivity contribution in [3.05, 3.63) is 78.5 Å².